The van der Waals surface area contributed by atoms with E-state index in [1.807, 2.05) is 0 Å². The minimum atomic E-state index is -1.17. The van der Waals surface area contributed by atoms with Crippen LogP contribution < -0.4 is 19.3 Å². The average molecular weight is 513 g/mol. The van der Waals surface area contributed by atoms with Gasteiger partial charge in [-0.05, 0) is 12.1 Å². The molecule has 3 heterocycles. The van der Waals surface area contributed by atoms with Crippen LogP contribution in [0.2, 0.25) is 0 Å². The normalized spacial score (nSPS) is 13.1. The van der Waals surface area contributed by atoms with E-state index in [9.17, 15) is 9.59 Å². The Morgan fingerprint density at radius 2 is 1.70 bits per heavy atom. The van der Waals surface area contributed by atoms with Crippen LogP contribution in [0.5, 0.6) is 11.5 Å². The van der Waals surface area contributed by atoms with Gasteiger partial charge in [-0.3, -0.25) is 14.9 Å². The number of halogens is 3. The van der Waals surface area contributed by atoms with Crippen molar-refractivity contribution in [1.29, 1.82) is 0 Å². The number of carbonyl (C=O) groups excluding carboxylic acids is 2. The molecule has 1 aliphatic rings. The Morgan fingerprint density at radius 1 is 1.00 bits per heavy atom. The fourth-order valence-corrected chi connectivity index (χ4v) is 4.23. The molecule has 190 valence electrons. The smallest absolute Gasteiger partial charge is 0.340 e. The van der Waals surface area contributed by atoms with Gasteiger partial charge >= 0.3 is 12.0 Å². The van der Waals surface area contributed by atoms with E-state index in [0.29, 0.717) is 10.9 Å². The highest BCUT2D eigenvalue weighted by molar-refractivity contribution is 6.15. The number of anilines is 3. The Morgan fingerprint density at radius 3 is 2.35 bits per heavy atom. The number of carbonyl (C=O) groups is 2. The van der Waals surface area contributed by atoms with Gasteiger partial charge in [-0.15, -0.1) is 0 Å². The number of methoxy groups -OCH3 is 3. The van der Waals surface area contributed by atoms with Crippen molar-refractivity contribution in [3.63, 3.8) is 0 Å². The Kier molecular flexibility index (Phi) is 5.82. The Bertz CT molecular complexity index is 1550. The molecule has 1 aliphatic heterocycles. The zero-order chi connectivity index (χ0) is 26.4. The number of hydrogen-bond donors (Lipinski definition) is 1. The van der Waals surface area contributed by atoms with Crippen molar-refractivity contribution in [1.82, 2.24) is 15.2 Å². The second kappa shape index (κ2) is 9.00. The topological polar surface area (TPSA) is 110 Å². The van der Waals surface area contributed by atoms with Gasteiger partial charge in [0.05, 0.1) is 56.4 Å². The molecular weight excluding hydrogens is 495 g/mol. The molecule has 0 unspecified atom stereocenters. The van der Waals surface area contributed by atoms with Gasteiger partial charge in [-0.1, -0.05) is 6.07 Å². The van der Waals surface area contributed by atoms with Crippen LogP contribution in [0.1, 0.15) is 15.9 Å². The Balaban J connectivity index is 1.80. The second-order valence-corrected chi connectivity index (χ2v) is 7.86. The van der Waals surface area contributed by atoms with Gasteiger partial charge in [0.15, 0.2) is 34.6 Å². The summed E-state index contributed by atoms with van der Waals surface area (Å²) < 4.78 is 61.1. The third-order valence-electron chi connectivity index (χ3n) is 5.95. The lowest BCUT2D eigenvalue weighted by atomic mass is 10.1. The maximum absolute atomic E-state index is 15.7. The van der Waals surface area contributed by atoms with Crippen molar-refractivity contribution in [2.75, 3.05) is 31.1 Å². The van der Waals surface area contributed by atoms with Crippen LogP contribution in [0.15, 0.2) is 36.7 Å². The van der Waals surface area contributed by atoms with Crippen molar-refractivity contribution in [2.24, 2.45) is 0 Å². The predicted octanol–water partition coefficient (Wildman–Crippen LogP) is 4.46. The fourth-order valence-electron chi connectivity index (χ4n) is 4.23. The molecule has 0 radical (unpaired) electrons. The SMILES string of the molecule is COC(=O)c1cccc(N2C(=O)N(c3c(F)c(OC)cc(OC)c3F)Cc3cnc4[nH]ncc4c32)c1F. The number of urea groups is 1. The molecule has 0 spiro atoms. The lowest BCUT2D eigenvalue weighted by Crippen LogP contribution is -2.46. The van der Waals surface area contributed by atoms with Crippen molar-refractivity contribution < 1.29 is 37.0 Å². The molecule has 0 atom stereocenters. The summed E-state index contributed by atoms with van der Waals surface area (Å²) in [7, 11) is 3.43. The first-order valence-electron chi connectivity index (χ1n) is 10.7. The van der Waals surface area contributed by atoms with Crippen LogP contribution in [0.25, 0.3) is 11.0 Å². The van der Waals surface area contributed by atoms with Crippen molar-refractivity contribution in [3.05, 3.63) is 65.2 Å². The molecule has 0 bridgehead atoms. The van der Waals surface area contributed by atoms with E-state index in [0.717, 1.165) is 23.0 Å². The first-order chi connectivity index (χ1) is 17.8. The van der Waals surface area contributed by atoms with Crippen molar-refractivity contribution in [2.45, 2.75) is 6.54 Å². The predicted molar refractivity (Wildman–Crippen MR) is 125 cm³/mol. The number of benzene rings is 2. The summed E-state index contributed by atoms with van der Waals surface area (Å²) in [6.07, 6.45) is 2.76. The molecule has 2 amide bonds. The zero-order valence-electron chi connectivity index (χ0n) is 19.6. The van der Waals surface area contributed by atoms with Gasteiger partial charge in [0, 0.05) is 17.8 Å². The third kappa shape index (κ3) is 3.58. The second-order valence-electron chi connectivity index (χ2n) is 7.86. The van der Waals surface area contributed by atoms with Crippen LogP contribution in [-0.2, 0) is 11.3 Å². The summed E-state index contributed by atoms with van der Waals surface area (Å²) in [4.78, 5) is 32.0. The summed E-state index contributed by atoms with van der Waals surface area (Å²) in [6.45, 7) is -0.332. The van der Waals surface area contributed by atoms with E-state index in [1.165, 1.54) is 44.8 Å². The minimum absolute atomic E-state index is 0.177. The number of fused-ring (bicyclic) bond motifs is 3. The van der Waals surface area contributed by atoms with E-state index in [2.05, 4.69) is 19.9 Å². The molecule has 10 nitrogen and oxygen atoms in total. The van der Waals surface area contributed by atoms with Gasteiger partial charge in [-0.25, -0.2) is 27.7 Å². The molecule has 2 aromatic carbocycles. The van der Waals surface area contributed by atoms with E-state index in [-0.39, 0.29) is 35.1 Å². The highest BCUT2D eigenvalue weighted by atomic mass is 19.1. The highest BCUT2D eigenvalue weighted by Crippen LogP contribution is 2.45. The number of aromatic amines is 1. The summed E-state index contributed by atoms with van der Waals surface area (Å²) in [6, 6.07) is 3.77. The Hall–Kier alpha value is -4.81. The molecule has 4 aromatic rings. The summed E-state index contributed by atoms with van der Waals surface area (Å²) in [5, 5.41) is 6.95. The summed E-state index contributed by atoms with van der Waals surface area (Å²) >= 11 is 0. The molecule has 37 heavy (non-hydrogen) atoms. The van der Waals surface area contributed by atoms with E-state index in [4.69, 9.17) is 9.47 Å². The number of pyridine rings is 1. The molecule has 2 aromatic heterocycles. The number of aromatic nitrogens is 3. The number of nitrogens with one attached hydrogen (secondary N) is 1. The molecule has 0 saturated carbocycles. The van der Waals surface area contributed by atoms with Crippen LogP contribution in [0, 0.1) is 17.5 Å². The molecule has 0 fully saturated rings. The number of amides is 2. The van der Waals surface area contributed by atoms with E-state index in [1.54, 1.807) is 0 Å². The maximum atomic E-state index is 15.7. The standard InChI is InChI=1S/C24H18F3N5O5/c1-35-15-7-16(36-2)19(27)21(18(15)26)31-10-11-8-28-22-13(9-29-30-22)20(11)32(24(31)34)14-6-4-5-12(17(14)25)23(33)37-3/h4-9H,10H2,1-3H3,(H,28,29,30). The van der Waals surface area contributed by atoms with Crippen LogP contribution in [0.4, 0.5) is 35.0 Å². The molecule has 1 N–H and O–H groups in total. The maximum Gasteiger partial charge on any atom is 0.340 e. The third-order valence-corrected chi connectivity index (χ3v) is 5.95. The molecule has 0 aliphatic carbocycles. The number of hydrogen-bond acceptors (Lipinski definition) is 7. The van der Waals surface area contributed by atoms with Gasteiger partial charge < -0.3 is 14.2 Å². The van der Waals surface area contributed by atoms with Gasteiger partial charge in [0.1, 0.15) is 5.69 Å². The average Bonchev–Trinajstić information content (AvgIpc) is 3.38. The van der Waals surface area contributed by atoms with Crippen molar-refractivity contribution in [3.8, 4) is 11.5 Å². The van der Waals surface area contributed by atoms with Crippen LogP contribution >= 0.6 is 0 Å². The first-order valence-corrected chi connectivity index (χ1v) is 10.7. The quantitative estimate of drug-likeness (QED) is 0.393. The first kappa shape index (κ1) is 23.9. The fraction of sp³-hybridized carbons (Fsp3) is 0.167. The monoisotopic (exact) mass is 513 g/mol. The summed E-state index contributed by atoms with van der Waals surface area (Å²) in [5.74, 6) is -5.13. The van der Waals surface area contributed by atoms with Gasteiger partial charge in [-0.2, -0.15) is 5.10 Å². The minimum Gasteiger partial charge on any atom is -0.493 e. The van der Waals surface area contributed by atoms with Crippen LogP contribution in [-0.4, -0.2) is 48.5 Å². The number of H-pyrrole nitrogens is 1. The molecule has 5 rings (SSSR count). The van der Waals surface area contributed by atoms with Crippen LogP contribution in [0.3, 0.4) is 0 Å². The lowest BCUT2D eigenvalue weighted by Gasteiger charge is -2.37. The van der Waals surface area contributed by atoms with Gasteiger partial charge in [0.2, 0.25) is 0 Å². The summed E-state index contributed by atoms with van der Waals surface area (Å²) in [5.41, 5.74) is -0.787. The molecular formula is C24H18F3N5O5. The number of nitrogens with zero attached hydrogens (tertiary/aromatic N) is 4. The van der Waals surface area contributed by atoms with Crippen molar-refractivity contribution >= 4 is 40.1 Å². The van der Waals surface area contributed by atoms with E-state index < -0.39 is 40.7 Å². The Labute approximate surface area is 207 Å². The number of esters is 1. The lowest BCUT2D eigenvalue weighted by molar-refractivity contribution is 0.0595. The van der Waals surface area contributed by atoms with Gasteiger partial charge in [0.25, 0.3) is 0 Å². The van der Waals surface area contributed by atoms with E-state index >= 15 is 13.2 Å². The molecule has 0 saturated heterocycles. The largest absolute Gasteiger partial charge is 0.493 e. The number of ether oxygens (including phenoxy) is 3. The molecule has 13 heteroatoms. The zero-order valence-corrected chi connectivity index (χ0v) is 19.6. The highest BCUT2D eigenvalue weighted by Gasteiger charge is 2.40. The number of rotatable bonds is 5.